The second kappa shape index (κ2) is 3.21. The van der Waals surface area contributed by atoms with E-state index >= 15 is 0 Å². The molecule has 4 fully saturated rings. The lowest BCUT2D eigenvalue weighted by Gasteiger charge is -2.59. The van der Waals surface area contributed by atoms with E-state index in [1.807, 2.05) is 0 Å². The fourth-order valence-electron chi connectivity index (χ4n) is 5.10. The van der Waals surface area contributed by atoms with Crippen LogP contribution in [0, 0.1) is 23.2 Å². The molecule has 4 aliphatic rings. The summed E-state index contributed by atoms with van der Waals surface area (Å²) < 4.78 is 0. The molecule has 4 bridgehead atoms. The summed E-state index contributed by atoms with van der Waals surface area (Å²) in [5, 5.41) is 10.1. The van der Waals surface area contributed by atoms with E-state index in [1.54, 1.807) is 0 Å². The maximum absolute atomic E-state index is 10.1. The van der Waals surface area contributed by atoms with Crippen LogP contribution in [0.25, 0.3) is 0 Å². The average molecular weight is 209 g/mol. The summed E-state index contributed by atoms with van der Waals surface area (Å²) in [4.78, 5) is 0. The Hall–Kier alpha value is -0.0800. The molecular weight excluding hydrogens is 186 g/mol. The molecular formula is C13H23NO. The average Bonchev–Trinajstić information content (AvgIpc) is 2.10. The van der Waals surface area contributed by atoms with Crippen LogP contribution in [-0.4, -0.2) is 17.3 Å². The first-order chi connectivity index (χ1) is 7.08. The van der Waals surface area contributed by atoms with Gasteiger partial charge in [0, 0.05) is 6.04 Å². The fraction of sp³-hybridized carbons (Fsp3) is 1.00. The van der Waals surface area contributed by atoms with E-state index < -0.39 is 0 Å². The SMILES string of the molecule is CC(N)CC12CC3CC(C1)C(O)C(C3)C2. The highest BCUT2D eigenvalue weighted by Crippen LogP contribution is 2.61. The van der Waals surface area contributed by atoms with E-state index in [-0.39, 0.29) is 6.10 Å². The smallest absolute Gasteiger partial charge is 0.0597 e. The zero-order chi connectivity index (χ0) is 10.6. The predicted octanol–water partition coefficient (Wildman–Crippen LogP) is 1.91. The lowest BCUT2D eigenvalue weighted by Crippen LogP contribution is -2.54. The Morgan fingerprint density at radius 3 is 2.40 bits per heavy atom. The van der Waals surface area contributed by atoms with Crippen molar-refractivity contribution in [2.45, 2.75) is 57.6 Å². The van der Waals surface area contributed by atoms with Crippen LogP contribution in [0.3, 0.4) is 0 Å². The van der Waals surface area contributed by atoms with Gasteiger partial charge in [-0.25, -0.2) is 0 Å². The third-order valence-electron chi connectivity index (χ3n) is 5.11. The van der Waals surface area contributed by atoms with Gasteiger partial charge in [0.2, 0.25) is 0 Å². The van der Waals surface area contributed by atoms with Crippen molar-refractivity contribution >= 4 is 0 Å². The Bertz CT molecular complexity index is 243. The molecule has 0 aliphatic heterocycles. The van der Waals surface area contributed by atoms with Gasteiger partial charge in [-0.1, -0.05) is 0 Å². The van der Waals surface area contributed by atoms with E-state index in [9.17, 15) is 5.11 Å². The molecule has 3 N–H and O–H groups in total. The Labute approximate surface area is 92.2 Å². The molecule has 2 nitrogen and oxygen atoms in total. The highest BCUT2D eigenvalue weighted by Gasteiger charge is 2.54. The number of hydrogen-bond donors (Lipinski definition) is 2. The van der Waals surface area contributed by atoms with Gasteiger partial charge in [-0.15, -0.1) is 0 Å². The molecule has 86 valence electrons. The van der Waals surface area contributed by atoms with E-state index in [0.29, 0.717) is 23.3 Å². The van der Waals surface area contributed by atoms with Gasteiger partial charge >= 0.3 is 0 Å². The van der Waals surface area contributed by atoms with Crippen LogP contribution in [0.2, 0.25) is 0 Å². The van der Waals surface area contributed by atoms with Gasteiger partial charge in [0.05, 0.1) is 6.10 Å². The Morgan fingerprint density at radius 2 is 1.87 bits per heavy atom. The molecule has 0 radical (unpaired) electrons. The topological polar surface area (TPSA) is 46.2 Å². The van der Waals surface area contributed by atoms with Crippen molar-refractivity contribution in [3.05, 3.63) is 0 Å². The van der Waals surface area contributed by atoms with E-state index in [2.05, 4.69) is 6.92 Å². The number of aliphatic hydroxyl groups is 1. The minimum Gasteiger partial charge on any atom is -0.393 e. The normalized spacial score (nSPS) is 54.6. The molecule has 4 saturated carbocycles. The number of rotatable bonds is 2. The zero-order valence-electron chi connectivity index (χ0n) is 9.65. The summed E-state index contributed by atoms with van der Waals surface area (Å²) >= 11 is 0. The Balaban J connectivity index is 1.83. The molecule has 2 heteroatoms. The lowest BCUT2D eigenvalue weighted by molar-refractivity contribution is -0.138. The van der Waals surface area contributed by atoms with Crippen molar-refractivity contribution in [2.24, 2.45) is 28.9 Å². The predicted molar refractivity (Wildman–Crippen MR) is 60.3 cm³/mol. The molecule has 0 saturated heterocycles. The van der Waals surface area contributed by atoms with Crippen LogP contribution in [0.1, 0.15) is 45.4 Å². The summed E-state index contributed by atoms with van der Waals surface area (Å²) in [5.41, 5.74) is 6.50. The van der Waals surface area contributed by atoms with Gasteiger partial charge in [-0.05, 0) is 68.6 Å². The van der Waals surface area contributed by atoms with E-state index in [1.165, 1.54) is 38.5 Å². The van der Waals surface area contributed by atoms with Gasteiger partial charge in [0.15, 0.2) is 0 Å². The van der Waals surface area contributed by atoms with Crippen molar-refractivity contribution in [1.82, 2.24) is 0 Å². The van der Waals surface area contributed by atoms with Crippen LogP contribution >= 0.6 is 0 Å². The molecule has 4 rings (SSSR count). The van der Waals surface area contributed by atoms with Crippen molar-refractivity contribution in [3.63, 3.8) is 0 Å². The van der Waals surface area contributed by atoms with Gasteiger partial charge in [0.25, 0.3) is 0 Å². The molecule has 0 aromatic heterocycles. The first kappa shape index (κ1) is 10.1. The standard InChI is InChI=1S/C13H23NO/c1-8(14)4-13-5-9-2-10(6-13)12(15)11(3-9)7-13/h8-12,15H,2-7,14H2,1H3. The fourth-order valence-corrected chi connectivity index (χ4v) is 5.10. The van der Waals surface area contributed by atoms with Crippen molar-refractivity contribution in [2.75, 3.05) is 0 Å². The van der Waals surface area contributed by atoms with Crippen LogP contribution in [-0.2, 0) is 0 Å². The summed E-state index contributed by atoms with van der Waals surface area (Å²) in [5.74, 6) is 2.12. The minimum absolute atomic E-state index is 0.0164. The van der Waals surface area contributed by atoms with E-state index in [0.717, 1.165) is 5.92 Å². The largest absolute Gasteiger partial charge is 0.393 e. The monoisotopic (exact) mass is 209 g/mol. The summed E-state index contributed by atoms with van der Waals surface area (Å²) in [7, 11) is 0. The van der Waals surface area contributed by atoms with Crippen molar-refractivity contribution in [1.29, 1.82) is 0 Å². The highest BCUT2D eigenvalue weighted by atomic mass is 16.3. The van der Waals surface area contributed by atoms with Gasteiger partial charge in [0.1, 0.15) is 0 Å². The van der Waals surface area contributed by atoms with Gasteiger partial charge in [-0.3, -0.25) is 0 Å². The van der Waals surface area contributed by atoms with Crippen molar-refractivity contribution in [3.8, 4) is 0 Å². The number of aliphatic hydroxyl groups excluding tert-OH is 1. The molecule has 0 amide bonds. The molecule has 0 aromatic rings. The number of hydrogen-bond acceptors (Lipinski definition) is 2. The van der Waals surface area contributed by atoms with Gasteiger partial charge < -0.3 is 10.8 Å². The molecule has 0 aromatic carbocycles. The minimum atomic E-state index is 0.0164. The third kappa shape index (κ3) is 1.53. The first-order valence-corrected chi connectivity index (χ1v) is 6.52. The first-order valence-electron chi connectivity index (χ1n) is 6.52. The molecule has 3 atom stereocenters. The maximum Gasteiger partial charge on any atom is 0.0597 e. The lowest BCUT2D eigenvalue weighted by atomic mass is 9.47. The second-order valence-electron chi connectivity index (χ2n) is 6.64. The Kier molecular flexibility index (Phi) is 2.16. The molecule has 0 spiro atoms. The summed E-state index contributed by atoms with van der Waals surface area (Å²) in [6.45, 7) is 2.13. The van der Waals surface area contributed by atoms with Crippen LogP contribution in [0.15, 0.2) is 0 Å². The van der Waals surface area contributed by atoms with Crippen LogP contribution in [0.5, 0.6) is 0 Å². The van der Waals surface area contributed by atoms with Crippen LogP contribution < -0.4 is 5.73 Å². The maximum atomic E-state index is 10.1. The molecule has 0 heterocycles. The van der Waals surface area contributed by atoms with Gasteiger partial charge in [-0.2, -0.15) is 0 Å². The third-order valence-corrected chi connectivity index (χ3v) is 5.11. The van der Waals surface area contributed by atoms with Crippen LogP contribution in [0.4, 0.5) is 0 Å². The van der Waals surface area contributed by atoms with E-state index in [4.69, 9.17) is 5.73 Å². The second-order valence-corrected chi connectivity index (χ2v) is 6.64. The van der Waals surface area contributed by atoms with Crippen molar-refractivity contribution < 1.29 is 5.11 Å². The Morgan fingerprint density at radius 1 is 1.27 bits per heavy atom. The zero-order valence-corrected chi connectivity index (χ0v) is 9.65. The summed E-state index contributed by atoms with van der Waals surface area (Å²) in [6.07, 6.45) is 7.68. The molecule has 15 heavy (non-hydrogen) atoms. The highest BCUT2D eigenvalue weighted by molar-refractivity contribution is 5.05. The quantitative estimate of drug-likeness (QED) is 0.730. The number of nitrogens with two attached hydrogens (primary N) is 1. The molecule has 4 aliphatic carbocycles. The summed E-state index contributed by atoms with van der Waals surface area (Å²) in [6, 6.07) is 0.332. The molecule has 3 unspecified atom stereocenters.